The van der Waals surface area contributed by atoms with Gasteiger partial charge in [0, 0.05) is 12.6 Å². The van der Waals surface area contributed by atoms with Gasteiger partial charge in [-0.1, -0.05) is 23.9 Å². The van der Waals surface area contributed by atoms with Gasteiger partial charge in [0.25, 0.3) is 0 Å². The van der Waals surface area contributed by atoms with E-state index in [2.05, 4.69) is 15.5 Å². The molecule has 0 bridgehead atoms. The normalized spacial score (nSPS) is 10.7. The van der Waals surface area contributed by atoms with Gasteiger partial charge in [0.1, 0.15) is 17.3 Å². The first-order chi connectivity index (χ1) is 14.4. The number of rotatable bonds is 8. The van der Waals surface area contributed by atoms with E-state index in [9.17, 15) is 9.18 Å². The Balaban J connectivity index is 1.62. The number of methoxy groups -OCH3 is 2. The number of amides is 1. The number of carbonyl (C=O) groups excluding carboxylic acids is 1. The van der Waals surface area contributed by atoms with Crippen LogP contribution in [0.1, 0.15) is 11.1 Å². The Bertz CT molecular complexity index is 1060. The number of thioether (sulfide) groups is 1. The average Bonchev–Trinajstić information content (AvgIpc) is 3.12. The molecule has 30 heavy (non-hydrogen) atoms. The minimum Gasteiger partial charge on any atom is -0.497 e. The zero-order valence-corrected chi connectivity index (χ0v) is 17.6. The summed E-state index contributed by atoms with van der Waals surface area (Å²) in [6.07, 6.45) is 0. The Morgan fingerprint density at radius 1 is 1.20 bits per heavy atom. The number of nitrogens with one attached hydrogen (secondary N) is 1. The number of aromatic nitrogens is 3. The molecule has 0 fully saturated rings. The fourth-order valence-corrected chi connectivity index (χ4v) is 3.36. The number of nitrogen functional groups attached to an aromatic ring is 1. The van der Waals surface area contributed by atoms with E-state index in [1.54, 1.807) is 44.4 Å². The van der Waals surface area contributed by atoms with Crippen LogP contribution < -0.4 is 20.6 Å². The fraction of sp³-hybridized carbons (Fsp3) is 0.250. The van der Waals surface area contributed by atoms with Crippen LogP contribution in [0.2, 0.25) is 0 Å². The number of ether oxygens (including phenoxy) is 2. The first-order valence-electron chi connectivity index (χ1n) is 9.00. The largest absolute Gasteiger partial charge is 0.497 e. The number of carbonyl (C=O) groups is 1. The lowest BCUT2D eigenvalue weighted by atomic mass is 10.1. The summed E-state index contributed by atoms with van der Waals surface area (Å²) in [5.41, 5.74) is 1.89. The highest BCUT2D eigenvalue weighted by atomic mass is 32.2. The van der Waals surface area contributed by atoms with Gasteiger partial charge >= 0.3 is 0 Å². The predicted octanol–water partition coefficient (Wildman–Crippen LogP) is 2.53. The number of aryl methyl sites for hydroxylation is 1. The Kier molecular flexibility index (Phi) is 6.78. The third-order valence-electron chi connectivity index (χ3n) is 4.37. The molecule has 0 unspecified atom stereocenters. The second kappa shape index (κ2) is 9.49. The fourth-order valence-electron chi connectivity index (χ4n) is 2.67. The second-order valence-corrected chi connectivity index (χ2v) is 7.33. The number of hydrogen-bond acceptors (Lipinski definition) is 7. The number of halogens is 1. The van der Waals surface area contributed by atoms with Crippen molar-refractivity contribution in [3.05, 3.63) is 53.3 Å². The van der Waals surface area contributed by atoms with Crippen LogP contribution in [0.3, 0.4) is 0 Å². The lowest BCUT2D eigenvalue weighted by molar-refractivity contribution is -0.118. The molecular weight excluding hydrogens is 409 g/mol. The summed E-state index contributed by atoms with van der Waals surface area (Å²) in [6.45, 7) is 1.92. The van der Waals surface area contributed by atoms with Gasteiger partial charge in [-0.05, 0) is 36.2 Å². The van der Waals surface area contributed by atoms with Crippen molar-refractivity contribution in [2.24, 2.45) is 0 Å². The number of hydrogen-bond donors (Lipinski definition) is 2. The van der Waals surface area contributed by atoms with Gasteiger partial charge in [0.05, 0.1) is 25.5 Å². The Morgan fingerprint density at radius 3 is 2.70 bits per heavy atom. The van der Waals surface area contributed by atoms with Gasteiger partial charge in [-0.3, -0.25) is 4.79 Å². The molecule has 1 amide bonds. The molecule has 10 heteroatoms. The SMILES string of the molecule is COc1ccc(-c2nnc(SCC(=O)NCc3ccc(C)c(F)c3)n2N)c(OC)c1. The number of nitrogens with two attached hydrogens (primary N) is 1. The summed E-state index contributed by atoms with van der Waals surface area (Å²) in [4.78, 5) is 12.1. The molecule has 0 radical (unpaired) electrons. The maximum Gasteiger partial charge on any atom is 0.230 e. The molecule has 0 aliphatic carbocycles. The Labute approximate surface area is 177 Å². The summed E-state index contributed by atoms with van der Waals surface area (Å²) < 4.78 is 25.5. The van der Waals surface area contributed by atoms with E-state index in [1.807, 2.05) is 0 Å². The smallest absolute Gasteiger partial charge is 0.230 e. The third-order valence-corrected chi connectivity index (χ3v) is 5.32. The van der Waals surface area contributed by atoms with Crippen LogP contribution in [-0.2, 0) is 11.3 Å². The van der Waals surface area contributed by atoms with E-state index in [0.29, 0.717) is 39.2 Å². The van der Waals surface area contributed by atoms with E-state index < -0.39 is 0 Å². The van der Waals surface area contributed by atoms with Crippen molar-refractivity contribution in [1.29, 1.82) is 0 Å². The molecule has 8 nitrogen and oxygen atoms in total. The first kappa shape index (κ1) is 21.4. The maximum atomic E-state index is 13.6. The molecule has 1 aromatic heterocycles. The zero-order chi connectivity index (χ0) is 21.7. The lowest BCUT2D eigenvalue weighted by Gasteiger charge is -2.10. The van der Waals surface area contributed by atoms with Gasteiger partial charge in [-0.15, -0.1) is 10.2 Å². The molecule has 0 saturated heterocycles. The van der Waals surface area contributed by atoms with Crippen LogP contribution in [0.4, 0.5) is 4.39 Å². The highest BCUT2D eigenvalue weighted by Crippen LogP contribution is 2.32. The van der Waals surface area contributed by atoms with E-state index >= 15 is 0 Å². The molecule has 158 valence electrons. The van der Waals surface area contributed by atoms with Crippen LogP contribution in [-0.4, -0.2) is 40.8 Å². The topological polar surface area (TPSA) is 104 Å². The van der Waals surface area contributed by atoms with Gasteiger partial charge < -0.3 is 20.6 Å². The third kappa shape index (κ3) is 4.82. The summed E-state index contributed by atoms with van der Waals surface area (Å²) >= 11 is 1.15. The Hall–Kier alpha value is -3.27. The van der Waals surface area contributed by atoms with Crippen LogP contribution in [0.5, 0.6) is 11.5 Å². The van der Waals surface area contributed by atoms with E-state index in [1.165, 1.54) is 17.9 Å². The summed E-state index contributed by atoms with van der Waals surface area (Å²) in [6, 6.07) is 10.1. The highest BCUT2D eigenvalue weighted by Gasteiger charge is 2.17. The molecule has 0 saturated carbocycles. The molecule has 0 atom stereocenters. The van der Waals surface area contributed by atoms with Crippen molar-refractivity contribution in [2.45, 2.75) is 18.6 Å². The van der Waals surface area contributed by atoms with Crippen LogP contribution in [0.25, 0.3) is 11.4 Å². The molecule has 3 N–H and O–H groups in total. The van der Waals surface area contributed by atoms with Crippen LogP contribution >= 0.6 is 11.8 Å². The van der Waals surface area contributed by atoms with Crippen molar-refractivity contribution in [3.63, 3.8) is 0 Å². The van der Waals surface area contributed by atoms with Gasteiger partial charge in [0.2, 0.25) is 11.1 Å². The van der Waals surface area contributed by atoms with Crippen molar-refractivity contribution < 1.29 is 18.7 Å². The quantitative estimate of drug-likeness (QED) is 0.417. The maximum absolute atomic E-state index is 13.6. The van der Waals surface area contributed by atoms with Crippen molar-refractivity contribution in [1.82, 2.24) is 20.2 Å². The van der Waals surface area contributed by atoms with Crippen molar-refractivity contribution in [3.8, 4) is 22.9 Å². The van der Waals surface area contributed by atoms with E-state index in [-0.39, 0.29) is 24.0 Å². The molecule has 0 spiro atoms. The van der Waals surface area contributed by atoms with Crippen molar-refractivity contribution >= 4 is 17.7 Å². The molecule has 2 aromatic carbocycles. The summed E-state index contributed by atoms with van der Waals surface area (Å²) in [7, 11) is 3.10. The molecular formula is C20H22FN5O3S. The second-order valence-electron chi connectivity index (χ2n) is 6.39. The van der Waals surface area contributed by atoms with E-state index in [0.717, 1.165) is 11.8 Å². The molecule has 3 aromatic rings. The van der Waals surface area contributed by atoms with Crippen LogP contribution in [0, 0.1) is 12.7 Å². The van der Waals surface area contributed by atoms with E-state index in [4.69, 9.17) is 15.3 Å². The first-order valence-corrected chi connectivity index (χ1v) is 9.99. The molecule has 3 rings (SSSR count). The lowest BCUT2D eigenvalue weighted by Crippen LogP contribution is -2.25. The molecule has 0 aliphatic rings. The minimum atomic E-state index is -0.297. The van der Waals surface area contributed by atoms with Gasteiger partial charge in [0.15, 0.2) is 5.82 Å². The molecule has 0 aliphatic heterocycles. The van der Waals surface area contributed by atoms with Gasteiger partial charge in [-0.25, -0.2) is 9.07 Å². The minimum absolute atomic E-state index is 0.0867. The zero-order valence-electron chi connectivity index (χ0n) is 16.8. The number of nitrogens with zero attached hydrogens (tertiary/aromatic N) is 3. The highest BCUT2D eigenvalue weighted by molar-refractivity contribution is 7.99. The summed E-state index contributed by atoms with van der Waals surface area (Å²) in [5, 5.41) is 11.3. The van der Waals surface area contributed by atoms with Crippen molar-refractivity contribution in [2.75, 3.05) is 25.8 Å². The van der Waals surface area contributed by atoms with Gasteiger partial charge in [-0.2, -0.15) is 0 Å². The van der Waals surface area contributed by atoms with Crippen LogP contribution in [0.15, 0.2) is 41.6 Å². The molecule has 1 heterocycles. The standard InChI is InChI=1S/C20H22FN5O3S/c1-12-4-5-13(8-16(12)21)10-23-18(27)11-30-20-25-24-19(26(20)22)15-7-6-14(28-2)9-17(15)29-3/h4-9H,10-11,22H2,1-3H3,(H,23,27). The summed E-state index contributed by atoms with van der Waals surface area (Å²) in [5.74, 6) is 7.25. The monoisotopic (exact) mass is 431 g/mol. The predicted molar refractivity (Wildman–Crippen MR) is 112 cm³/mol. The number of benzene rings is 2. The Morgan fingerprint density at radius 2 is 2.00 bits per heavy atom. The average molecular weight is 431 g/mol.